The van der Waals surface area contributed by atoms with Gasteiger partial charge in [-0.05, 0) is 66.6 Å². The van der Waals surface area contributed by atoms with Gasteiger partial charge in [0.05, 0.1) is 25.3 Å². The van der Waals surface area contributed by atoms with Crippen molar-refractivity contribution in [2.24, 2.45) is 0 Å². The van der Waals surface area contributed by atoms with Crippen molar-refractivity contribution in [1.82, 2.24) is 4.90 Å². The smallest absolute Gasteiger partial charge is 0.295 e. The average molecular weight is 478 g/mol. The fourth-order valence-electron chi connectivity index (χ4n) is 4.02. The third kappa shape index (κ3) is 4.63. The highest BCUT2D eigenvalue weighted by Gasteiger charge is 2.46. The molecular weight excluding hydrogens is 454 g/mol. The van der Waals surface area contributed by atoms with Crippen molar-refractivity contribution < 1.29 is 24.2 Å². The lowest BCUT2D eigenvalue weighted by molar-refractivity contribution is -0.140. The van der Waals surface area contributed by atoms with Crippen LogP contribution < -0.4 is 9.47 Å². The molecular formula is C27H24ClNO5. The second-order valence-electron chi connectivity index (χ2n) is 7.79. The predicted octanol–water partition coefficient (Wildman–Crippen LogP) is 5.37. The van der Waals surface area contributed by atoms with Gasteiger partial charge in [0.15, 0.2) is 0 Å². The number of nitrogens with zero attached hydrogens (tertiary/aromatic N) is 1. The lowest BCUT2D eigenvalue weighted by Gasteiger charge is -2.26. The lowest BCUT2D eigenvalue weighted by Crippen LogP contribution is -2.29. The number of carbonyl (C=O) groups is 2. The molecule has 1 amide bonds. The van der Waals surface area contributed by atoms with Crippen molar-refractivity contribution in [1.29, 1.82) is 0 Å². The number of hydrogen-bond acceptors (Lipinski definition) is 5. The number of ether oxygens (including phenoxy) is 2. The Morgan fingerprint density at radius 3 is 2.35 bits per heavy atom. The first-order valence-corrected chi connectivity index (χ1v) is 11.2. The first-order valence-electron chi connectivity index (χ1n) is 10.8. The molecule has 0 aliphatic carbocycles. The number of benzene rings is 3. The highest BCUT2D eigenvalue weighted by molar-refractivity contribution is 6.46. The summed E-state index contributed by atoms with van der Waals surface area (Å²) in [6.45, 7) is 2.53. The van der Waals surface area contributed by atoms with Crippen molar-refractivity contribution >= 4 is 29.1 Å². The summed E-state index contributed by atoms with van der Waals surface area (Å²) in [6.07, 6.45) is 0. The SMILES string of the molecule is CCOc1cccc(C2/C(=C(/O)c3ccc(Cl)cc3)C(=O)C(=O)N2Cc2ccc(OC)cc2)c1. The zero-order valence-electron chi connectivity index (χ0n) is 18.8. The molecule has 174 valence electrons. The van der Waals surface area contributed by atoms with Gasteiger partial charge in [-0.25, -0.2) is 0 Å². The van der Waals surface area contributed by atoms with Crippen LogP contribution in [0.15, 0.2) is 78.4 Å². The van der Waals surface area contributed by atoms with Gasteiger partial charge in [-0.3, -0.25) is 9.59 Å². The Kier molecular flexibility index (Phi) is 6.89. The molecule has 0 aromatic heterocycles. The molecule has 4 rings (SSSR count). The average Bonchev–Trinajstić information content (AvgIpc) is 3.10. The molecule has 1 heterocycles. The zero-order chi connectivity index (χ0) is 24.2. The van der Waals surface area contributed by atoms with Crippen molar-refractivity contribution in [2.45, 2.75) is 19.5 Å². The molecule has 1 saturated heterocycles. The van der Waals surface area contributed by atoms with E-state index in [9.17, 15) is 14.7 Å². The zero-order valence-corrected chi connectivity index (χ0v) is 19.6. The number of hydrogen-bond donors (Lipinski definition) is 1. The summed E-state index contributed by atoms with van der Waals surface area (Å²) >= 11 is 5.98. The normalized spacial score (nSPS) is 17.1. The molecule has 7 heteroatoms. The summed E-state index contributed by atoms with van der Waals surface area (Å²) in [4.78, 5) is 27.8. The summed E-state index contributed by atoms with van der Waals surface area (Å²) in [6, 6.07) is 20.2. The van der Waals surface area contributed by atoms with E-state index in [0.717, 1.165) is 5.56 Å². The highest BCUT2D eigenvalue weighted by Crippen LogP contribution is 2.41. The van der Waals surface area contributed by atoms with Gasteiger partial charge in [-0.1, -0.05) is 35.9 Å². The Hall–Kier alpha value is -3.77. The van der Waals surface area contributed by atoms with E-state index in [1.54, 1.807) is 55.6 Å². The molecule has 1 atom stereocenters. The van der Waals surface area contributed by atoms with Gasteiger partial charge >= 0.3 is 0 Å². The summed E-state index contributed by atoms with van der Waals surface area (Å²) < 4.78 is 10.8. The predicted molar refractivity (Wildman–Crippen MR) is 130 cm³/mol. The quantitative estimate of drug-likeness (QED) is 0.281. The number of ketones is 1. The van der Waals surface area contributed by atoms with Gasteiger partial charge < -0.3 is 19.5 Å². The molecule has 3 aromatic carbocycles. The number of halogens is 1. The van der Waals surface area contributed by atoms with Crippen molar-refractivity contribution in [3.05, 3.63) is 100 Å². The Labute approximate surface area is 203 Å². The molecule has 0 saturated carbocycles. The maximum Gasteiger partial charge on any atom is 0.295 e. The van der Waals surface area contributed by atoms with E-state index in [1.165, 1.54) is 4.90 Å². The molecule has 1 aliphatic heterocycles. The van der Waals surface area contributed by atoms with Gasteiger partial charge in [0.2, 0.25) is 0 Å². The molecule has 0 radical (unpaired) electrons. The summed E-state index contributed by atoms with van der Waals surface area (Å²) in [7, 11) is 1.58. The van der Waals surface area contributed by atoms with Crippen LogP contribution in [0.2, 0.25) is 5.02 Å². The van der Waals surface area contributed by atoms with Crippen LogP contribution in [0.5, 0.6) is 11.5 Å². The van der Waals surface area contributed by atoms with Crippen molar-refractivity contribution in [3.63, 3.8) is 0 Å². The van der Waals surface area contributed by atoms with Gasteiger partial charge in [0.1, 0.15) is 17.3 Å². The first-order chi connectivity index (χ1) is 16.4. The minimum atomic E-state index is -0.793. The van der Waals surface area contributed by atoms with E-state index in [4.69, 9.17) is 21.1 Å². The molecule has 1 N–H and O–H groups in total. The number of likely N-dealkylation sites (tertiary alicyclic amines) is 1. The van der Waals surface area contributed by atoms with E-state index in [1.807, 2.05) is 31.2 Å². The molecule has 34 heavy (non-hydrogen) atoms. The molecule has 1 unspecified atom stereocenters. The van der Waals surface area contributed by atoms with Crippen molar-refractivity contribution in [2.75, 3.05) is 13.7 Å². The van der Waals surface area contributed by atoms with Crippen LogP contribution in [-0.2, 0) is 16.1 Å². The van der Waals surface area contributed by atoms with Crippen LogP contribution in [0.3, 0.4) is 0 Å². The van der Waals surface area contributed by atoms with Crippen LogP contribution in [-0.4, -0.2) is 35.4 Å². The van der Waals surface area contributed by atoms with Gasteiger partial charge in [-0.2, -0.15) is 0 Å². The molecule has 6 nitrogen and oxygen atoms in total. The number of methoxy groups -OCH3 is 1. The monoisotopic (exact) mass is 477 g/mol. The van der Waals surface area contributed by atoms with Crippen LogP contribution in [0, 0.1) is 0 Å². The first kappa shape index (κ1) is 23.4. The van der Waals surface area contributed by atoms with Crippen molar-refractivity contribution in [3.8, 4) is 11.5 Å². The Morgan fingerprint density at radius 1 is 1.00 bits per heavy atom. The van der Waals surface area contributed by atoms with Gasteiger partial charge in [0, 0.05) is 17.1 Å². The molecule has 0 spiro atoms. The van der Waals surface area contributed by atoms with Gasteiger partial charge in [0.25, 0.3) is 11.7 Å². The molecule has 0 bridgehead atoms. The topological polar surface area (TPSA) is 76.1 Å². The second kappa shape index (κ2) is 10.0. The number of aliphatic hydroxyl groups excluding tert-OH is 1. The number of carbonyl (C=O) groups excluding carboxylic acids is 2. The van der Waals surface area contributed by atoms with Crippen LogP contribution in [0.4, 0.5) is 0 Å². The fraction of sp³-hybridized carbons (Fsp3) is 0.185. The number of amides is 1. The minimum absolute atomic E-state index is 0.0227. The lowest BCUT2D eigenvalue weighted by atomic mass is 9.95. The highest BCUT2D eigenvalue weighted by atomic mass is 35.5. The Bertz CT molecular complexity index is 1230. The van der Waals surface area contributed by atoms with E-state index >= 15 is 0 Å². The summed E-state index contributed by atoms with van der Waals surface area (Å²) in [5.41, 5.74) is 1.90. The standard InChI is InChI=1S/C27H24ClNO5/c1-3-34-22-6-4-5-19(15-22)24-23(25(30)18-9-11-20(28)12-10-18)26(31)27(32)29(24)16-17-7-13-21(33-2)14-8-17/h4-15,24,30H,3,16H2,1-2H3/b25-23-. The number of rotatable bonds is 7. The third-order valence-electron chi connectivity index (χ3n) is 5.65. The van der Waals surface area contributed by atoms with Crippen LogP contribution >= 0.6 is 11.6 Å². The fourth-order valence-corrected chi connectivity index (χ4v) is 4.15. The van der Waals surface area contributed by atoms with E-state index in [-0.39, 0.29) is 17.9 Å². The minimum Gasteiger partial charge on any atom is -0.507 e. The molecule has 1 aliphatic rings. The van der Waals surface area contributed by atoms with Crippen LogP contribution in [0.25, 0.3) is 5.76 Å². The van der Waals surface area contributed by atoms with Crippen LogP contribution in [0.1, 0.15) is 29.7 Å². The van der Waals surface area contributed by atoms with E-state index in [2.05, 4.69) is 0 Å². The largest absolute Gasteiger partial charge is 0.507 e. The second-order valence-corrected chi connectivity index (χ2v) is 8.22. The maximum atomic E-state index is 13.2. The van der Waals surface area contributed by atoms with E-state index in [0.29, 0.717) is 34.3 Å². The Morgan fingerprint density at radius 2 is 1.71 bits per heavy atom. The van der Waals surface area contributed by atoms with Gasteiger partial charge in [-0.15, -0.1) is 0 Å². The summed E-state index contributed by atoms with van der Waals surface area (Å²) in [5, 5.41) is 11.6. The number of Topliss-reactive ketones (excluding diaryl/α,β-unsaturated/α-hetero) is 1. The molecule has 1 fully saturated rings. The third-order valence-corrected chi connectivity index (χ3v) is 5.91. The molecule has 3 aromatic rings. The van der Waals surface area contributed by atoms with E-state index < -0.39 is 17.7 Å². The number of aliphatic hydroxyl groups is 1. The maximum absolute atomic E-state index is 13.2. The Balaban J connectivity index is 1.83. The summed E-state index contributed by atoms with van der Waals surface area (Å²) in [5.74, 6) is -0.374.